The van der Waals surface area contributed by atoms with Gasteiger partial charge in [0.1, 0.15) is 0 Å². The van der Waals surface area contributed by atoms with E-state index in [9.17, 15) is 14.7 Å². The van der Waals surface area contributed by atoms with Gasteiger partial charge >= 0.3 is 0 Å². The number of rotatable bonds is 5. The third-order valence-electron chi connectivity index (χ3n) is 5.53. The van der Waals surface area contributed by atoms with Gasteiger partial charge in [-0.15, -0.1) is 6.58 Å². The lowest BCUT2D eigenvalue weighted by Crippen LogP contribution is -2.28. The number of hydrogen-bond acceptors (Lipinski definition) is 5. The van der Waals surface area contributed by atoms with Crippen molar-refractivity contribution in [1.82, 2.24) is 5.01 Å². The van der Waals surface area contributed by atoms with Crippen LogP contribution in [0.5, 0.6) is 11.5 Å². The van der Waals surface area contributed by atoms with Crippen LogP contribution in [-0.4, -0.2) is 35.3 Å². The second kappa shape index (κ2) is 6.12. The summed E-state index contributed by atoms with van der Waals surface area (Å²) in [5.74, 6) is -0.278. The molecule has 2 fully saturated rings. The third-order valence-corrected chi connectivity index (χ3v) is 5.53. The van der Waals surface area contributed by atoms with Crippen LogP contribution in [0.1, 0.15) is 17.5 Å². The van der Waals surface area contributed by atoms with Crippen LogP contribution in [0.3, 0.4) is 0 Å². The van der Waals surface area contributed by atoms with Gasteiger partial charge in [-0.2, -0.15) is 10.1 Å². The zero-order valence-electron chi connectivity index (χ0n) is 14.5. The predicted octanol–water partition coefficient (Wildman–Crippen LogP) is 2.27. The van der Waals surface area contributed by atoms with Crippen molar-refractivity contribution in [2.24, 2.45) is 28.8 Å². The molecule has 1 aromatic carbocycles. The maximum absolute atomic E-state index is 12.6. The lowest BCUT2D eigenvalue weighted by atomic mass is 9.85. The highest BCUT2D eigenvalue weighted by atomic mass is 16.5. The summed E-state index contributed by atoms with van der Waals surface area (Å²) in [6, 6.07) is 3.35. The number of phenols is 1. The zero-order valence-corrected chi connectivity index (χ0v) is 14.5. The number of methoxy groups -OCH3 is 1. The van der Waals surface area contributed by atoms with Crippen LogP contribution in [-0.2, 0) is 16.0 Å². The number of phenolic OH excluding ortho intramolecular Hbond substituents is 1. The lowest BCUT2D eigenvalue weighted by molar-refractivity contribution is -0.140. The molecule has 1 heterocycles. The van der Waals surface area contributed by atoms with E-state index in [-0.39, 0.29) is 41.2 Å². The van der Waals surface area contributed by atoms with Gasteiger partial charge in [-0.25, -0.2) is 0 Å². The lowest BCUT2D eigenvalue weighted by Gasteiger charge is -2.13. The van der Waals surface area contributed by atoms with Crippen molar-refractivity contribution in [1.29, 1.82) is 0 Å². The molecule has 0 spiro atoms. The van der Waals surface area contributed by atoms with Gasteiger partial charge in [0.05, 0.1) is 25.2 Å². The van der Waals surface area contributed by atoms with Crippen LogP contribution < -0.4 is 4.74 Å². The largest absolute Gasteiger partial charge is 0.504 e. The summed E-state index contributed by atoms with van der Waals surface area (Å²) in [6.45, 7) is 3.67. The molecule has 6 nitrogen and oxygen atoms in total. The highest BCUT2D eigenvalue weighted by Gasteiger charge is 2.59. The van der Waals surface area contributed by atoms with Crippen molar-refractivity contribution in [2.75, 3.05) is 7.11 Å². The number of carbonyl (C=O) groups is 2. The molecule has 4 atom stereocenters. The van der Waals surface area contributed by atoms with Gasteiger partial charge in [-0.3, -0.25) is 9.59 Å². The SMILES string of the molecule is C=CCc1cc(C=NN2C(=O)C3C4C=CC(C4)C3C2=O)cc(OC)c1O. The van der Waals surface area contributed by atoms with Crippen LogP contribution in [0, 0.1) is 23.7 Å². The molecule has 4 unspecified atom stereocenters. The number of fused-ring (bicyclic) bond motifs is 5. The van der Waals surface area contributed by atoms with E-state index >= 15 is 0 Å². The highest BCUT2D eigenvalue weighted by molar-refractivity contribution is 6.06. The standard InChI is InChI=1S/C20H20N2O4/c1-3-4-14-7-11(8-15(26-2)18(14)23)10-21-22-19(24)16-12-5-6-13(9-12)17(16)20(22)25/h3,5-8,10,12-13,16-17,23H,1,4,9H2,2H3. The molecule has 2 aliphatic carbocycles. The Bertz CT molecular complexity index is 828. The number of benzene rings is 1. The quantitative estimate of drug-likeness (QED) is 0.501. The maximum atomic E-state index is 12.6. The molecule has 134 valence electrons. The topological polar surface area (TPSA) is 79.2 Å². The minimum absolute atomic E-state index is 0.0510. The first-order chi connectivity index (χ1) is 12.5. The highest BCUT2D eigenvalue weighted by Crippen LogP contribution is 2.52. The van der Waals surface area contributed by atoms with E-state index in [1.807, 2.05) is 0 Å². The van der Waals surface area contributed by atoms with Gasteiger partial charge in [0, 0.05) is 5.56 Å². The van der Waals surface area contributed by atoms with E-state index in [1.165, 1.54) is 13.3 Å². The minimum atomic E-state index is -0.264. The monoisotopic (exact) mass is 352 g/mol. The van der Waals surface area contributed by atoms with Gasteiger partial charge in [0.25, 0.3) is 11.8 Å². The number of aromatic hydroxyl groups is 1. The summed E-state index contributed by atoms with van der Waals surface area (Å²) >= 11 is 0. The molecule has 2 amide bonds. The number of hydrogen-bond donors (Lipinski definition) is 1. The van der Waals surface area contributed by atoms with E-state index in [4.69, 9.17) is 4.74 Å². The van der Waals surface area contributed by atoms with Crippen LogP contribution in [0.2, 0.25) is 0 Å². The fourth-order valence-electron chi connectivity index (χ4n) is 4.36. The molecule has 1 N–H and O–H groups in total. The fraction of sp³-hybridized carbons (Fsp3) is 0.350. The van der Waals surface area contributed by atoms with Crippen molar-refractivity contribution in [3.05, 3.63) is 48.1 Å². The number of allylic oxidation sites excluding steroid dienone is 3. The number of imide groups is 1. The first-order valence-electron chi connectivity index (χ1n) is 8.66. The number of carbonyl (C=O) groups excluding carboxylic acids is 2. The molecule has 1 aromatic rings. The Morgan fingerprint density at radius 3 is 2.50 bits per heavy atom. The fourth-order valence-corrected chi connectivity index (χ4v) is 4.36. The Balaban J connectivity index is 1.61. The average molecular weight is 352 g/mol. The van der Waals surface area contributed by atoms with Crippen molar-refractivity contribution in [3.8, 4) is 11.5 Å². The molecule has 26 heavy (non-hydrogen) atoms. The smallest absolute Gasteiger partial charge is 0.254 e. The van der Waals surface area contributed by atoms with Gasteiger partial charge in [0.15, 0.2) is 11.5 Å². The molecule has 0 radical (unpaired) electrons. The van der Waals surface area contributed by atoms with Crippen molar-refractivity contribution in [3.63, 3.8) is 0 Å². The Hall–Kier alpha value is -2.89. The molecule has 4 rings (SSSR count). The van der Waals surface area contributed by atoms with Crippen LogP contribution in [0.15, 0.2) is 42.0 Å². The number of nitrogens with zero attached hydrogens (tertiary/aromatic N) is 2. The van der Waals surface area contributed by atoms with Gasteiger partial charge in [-0.1, -0.05) is 18.2 Å². The first-order valence-corrected chi connectivity index (χ1v) is 8.66. The number of hydrazone groups is 1. The molecular formula is C20H20N2O4. The molecule has 1 saturated carbocycles. The van der Waals surface area contributed by atoms with E-state index in [1.54, 1.807) is 18.2 Å². The summed E-state index contributed by atoms with van der Waals surface area (Å²) in [5, 5.41) is 15.3. The Labute approximate surface area is 151 Å². The Kier molecular flexibility index (Phi) is 3.90. The molecule has 3 aliphatic rings. The van der Waals surface area contributed by atoms with Crippen LogP contribution >= 0.6 is 0 Å². The number of amides is 2. The third kappa shape index (κ3) is 2.36. The summed E-state index contributed by atoms with van der Waals surface area (Å²) in [5.41, 5.74) is 1.27. The summed E-state index contributed by atoms with van der Waals surface area (Å²) < 4.78 is 5.18. The molecular weight excluding hydrogens is 332 g/mol. The average Bonchev–Trinajstić information content (AvgIpc) is 3.30. The van der Waals surface area contributed by atoms with E-state index in [0.29, 0.717) is 23.3 Å². The minimum Gasteiger partial charge on any atom is -0.504 e. The summed E-state index contributed by atoms with van der Waals surface area (Å²) in [6.07, 6.45) is 8.59. The normalized spacial score (nSPS) is 29.0. The van der Waals surface area contributed by atoms with Crippen molar-refractivity contribution >= 4 is 18.0 Å². The molecule has 1 saturated heterocycles. The maximum Gasteiger partial charge on any atom is 0.254 e. The first kappa shape index (κ1) is 16.6. The molecule has 0 aromatic heterocycles. The second-order valence-corrected chi connectivity index (χ2v) is 6.96. The van der Waals surface area contributed by atoms with E-state index in [2.05, 4.69) is 23.8 Å². The van der Waals surface area contributed by atoms with E-state index < -0.39 is 0 Å². The van der Waals surface area contributed by atoms with Crippen LogP contribution in [0.4, 0.5) is 0 Å². The molecule has 6 heteroatoms. The van der Waals surface area contributed by atoms with Crippen molar-refractivity contribution < 1.29 is 19.4 Å². The zero-order chi connectivity index (χ0) is 18.4. The van der Waals surface area contributed by atoms with Crippen molar-refractivity contribution in [2.45, 2.75) is 12.8 Å². The van der Waals surface area contributed by atoms with E-state index in [0.717, 1.165) is 11.4 Å². The van der Waals surface area contributed by atoms with Gasteiger partial charge in [-0.05, 0) is 42.4 Å². The number of ether oxygens (including phenoxy) is 1. The van der Waals surface area contributed by atoms with Gasteiger partial charge < -0.3 is 9.84 Å². The van der Waals surface area contributed by atoms with Crippen LogP contribution in [0.25, 0.3) is 0 Å². The van der Waals surface area contributed by atoms with Gasteiger partial charge in [0.2, 0.25) is 0 Å². The summed E-state index contributed by atoms with van der Waals surface area (Å²) in [4.78, 5) is 25.3. The molecule has 1 aliphatic heterocycles. The second-order valence-electron chi connectivity index (χ2n) is 6.96. The Morgan fingerprint density at radius 2 is 1.92 bits per heavy atom. The summed E-state index contributed by atoms with van der Waals surface area (Å²) in [7, 11) is 1.46. The predicted molar refractivity (Wildman–Crippen MR) is 95.7 cm³/mol. The Morgan fingerprint density at radius 1 is 1.27 bits per heavy atom. The molecule has 2 bridgehead atoms.